The third-order valence-electron chi connectivity index (χ3n) is 3.95. The van der Waals surface area contributed by atoms with Crippen LogP contribution in [0.4, 0.5) is 4.39 Å². The van der Waals surface area contributed by atoms with Crippen LogP contribution >= 0.6 is 0 Å². The van der Waals surface area contributed by atoms with Crippen LogP contribution in [-0.4, -0.2) is 11.9 Å². The number of nitrogens with zero attached hydrogens (tertiary/aromatic N) is 1. The van der Waals surface area contributed by atoms with Gasteiger partial charge >= 0.3 is 0 Å². The summed E-state index contributed by atoms with van der Waals surface area (Å²) >= 11 is 0. The maximum Gasteiger partial charge on any atom is 0.262 e. The average Bonchev–Trinajstić information content (AvgIpc) is 2.47. The largest absolute Gasteiger partial charge is 0.348 e. The van der Waals surface area contributed by atoms with Crippen LogP contribution in [0.1, 0.15) is 38.2 Å². The molecule has 0 radical (unpaired) electrons. The number of nitriles is 1. The Hall–Kier alpha value is -2.15. The fourth-order valence-electron chi connectivity index (χ4n) is 2.69. The monoisotopic (exact) mass is 286 g/mol. The molecule has 0 saturated heterocycles. The second-order valence-corrected chi connectivity index (χ2v) is 5.57. The molecule has 1 amide bonds. The first-order chi connectivity index (χ1) is 10.1. The summed E-state index contributed by atoms with van der Waals surface area (Å²) in [6, 6.07) is 7.86. The Morgan fingerprint density at radius 2 is 2.19 bits per heavy atom. The molecule has 110 valence electrons. The fourth-order valence-corrected chi connectivity index (χ4v) is 2.69. The highest BCUT2D eigenvalue weighted by molar-refractivity contribution is 6.01. The van der Waals surface area contributed by atoms with Crippen molar-refractivity contribution in [2.24, 2.45) is 5.92 Å². The summed E-state index contributed by atoms with van der Waals surface area (Å²) in [5.41, 5.74) is 0.525. The molecule has 2 atom stereocenters. The van der Waals surface area contributed by atoms with Crippen LogP contribution in [-0.2, 0) is 4.79 Å². The van der Waals surface area contributed by atoms with E-state index in [9.17, 15) is 9.18 Å². The molecule has 1 aliphatic rings. The van der Waals surface area contributed by atoms with Gasteiger partial charge in [0.1, 0.15) is 17.5 Å². The third kappa shape index (κ3) is 4.16. The lowest BCUT2D eigenvalue weighted by molar-refractivity contribution is -0.118. The summed E-state index contributed by atoms with van der Waals surface area (Å²) in [5.74, 6) is -0.334. The van der Waals surface area contributed by atoms with Gasteiger partial charge in [0.25, 0.3) is 5.91 Å². The summed E-state index contributed by atoms with van der Waals surface area (Å²) in [4.78, 5) is 12.2. The minimum absolute atomic E-state index is 0.0124. The molecule has 1 saturated carbocycles. The van der Waals surface area contributed by atoms with E-state index in [-0.39, 0.29) is 23.3 Å². The number of rotatable bonds is 3. The third-order valence-corrected chi connectivity index (χ3v) is 3.95. The molecule has 0 aromatic heterocycles. The first kappa shape index (κ1) is 15.2. The smallest absolute Gasteiger partial charge is 0.262 e. The normalized spacial score (nSPS) is 22.4. The topological polar surface area (TPSA) is 52.9 Å². The van der Waals surface area contributed by atoms with Crippen LogP contribution in [0.25, 0.3) is 6.08 Å². The zero-order valence-electron chi connectivity index (χ0n) is 12.1. The highest BCUT2D eigenvalue weighted by Crippen LogP contribution is 2.24. The van der Waals surface area contributed by atoms with Gasteiger partial charge in [-0.2, -0.15) is 5.26 Å². The summed E-state index contributed by atoms with van der Waals surface area (Å²) in [7, 11) is 0. The lowest BCUT2D eigenvalue weighted by Crippen LogP contribution is -2.41. The minimum Gasteiger partial charge on any atom is -0.348 e. The van der Waals surface area contributed by atoms with E-state index in [0.29, 0.717) is 11.5 Å². The van der Waals surface area contributed by atoms with Crippen LogP contribution in [0.15, 0.2) is 29.8 Å². The van der Waals surface area contributed by atoms with Crippen molar-refractivity contribution in [3.05, 3.63) is 41.2 Å². The molecule has 21 heavy (non-hydrogen) atoms. The second-order valence-electron chi connectivity index (χ2n) is 5.57. The number of nitrogens with one attached hydrogen (secondary N) is 1. The molecule has 3 nitrogen and oxygen atoms in total. The molecule has 4 heteroatoms. The lowest BCUT2D eigenvalue weighted by Gasteiger charge is -2.29. The molecule has 0 aliphatic heterocycles. The lowest BCUT2D eigenvalue weighted by atomic mass is 9.86. The van der Waals surface area contributed by atoms with E-state index in [2.05, 4.69) is 12.2 Å². The molecule has 0 bridgehead atoms. The molecule has 0 heterocycles. The Kier molecular flexibility index (Phi) is 5.10. The number of carbonyl (C=O) groups is 1. The standard InChI is InChI=1S/C17H19FN2O/c1-12-5-2-3-8-16(12)20-17(21)14(11-19)9-13-6-4-7-15(18)10-13/h4,6-7,9-10,12,16H,2-3,5,8H2,1H3,(H,20,21)/b14-9+/t12-,16-/m0/s1. The van der Waals surface area contributed by atoms with Gasteiger partial charge in [-0.05, 0) is 42.5 Å². The van der Waals surface area contributed by atoms with Gasteiger partial charge in [0.15, 0.2) is 0 Å². The van der Waals surface area contributed by atoms with E-state index in [1.165, 1.54) is 24.6 Å². The van der Waals surface area contributed by atoms with E-state index in [0.717, 1.165) is 19.3 Å². The van der Waals surface area contributed by atoms with Crippen molar-refractivity contribution in [2.45, 2.75) is 38.6 Å². The Bertz CT molecular complexity index is 589. The average molecular weight is 286 g/mol. The van der Waals surface area contributed by atoms with Gasteiger partial charge in [-0.25, -0.2) is 4.39 Å². The van der Waals surface area contributed by atoms with E-state index in [1.807, 2.05) is 6.07 Å². The Labute approximate surface area is 124 Å². The van der Waals surface area contributed by atoms with E-state index in [1.54, 1.807) is 12.1 Å². The van der Waals surface area contributed by atoms with Crippen LogP contribution in [0, 0.1) is 23.1 Å². The maximum absolute atomic E-state index is 13.1. The van der Waals surface area contributed by atoms with Gasteiger partial charge in [-0.3, -0.25) is 4.79 Å². The molecule has 0 unspecified atom stereocenters. The van der Waals surface area contributed by atoms with Crippen molar-refractivity contribution < 1.29 is 9.18 Å². The van der Waals surface area contributed by atoms with Gasteiger partial charge < -0.3 is 5.32 Å². The Morgan fingerprint density at radius 3 is 2.86 bits per heavy atom. The van der Waals surface area contributed by atoms with Crippen LogP contribution in [0.2, 0.25) is 0 Å². The van der Waals surface area contributed by atoms with Gasteiger partial charge in [-0.1, -0.05) is 31.9 Å². The van der Waals surface area contributed by atoms with Gasteiger partial charge in [0.05, 0.1) is 0 Å². The highest BCUT2D eigenvalue weighted by atomic mass is 19.1. The van der Waals surface area contributed by atoms with Gasteiger partial charge in [-0.15, -0.1) is 0 Å². The Morgan fingerprint density at radius 1 is 1.43 bits per heavy atom. The first-order valence-electron chi connectivity index (χ1n) is 7.28. The molecule has 1 aromatic rings. The second kappa shape index (κ2) is 7.03. The van der Waals surface area contributed by atoms with Gasteiger partial charge in [0.2, 0.25) is 0 Å². The van der Waals surface area contributed by atoms with Crippen molar-refractivity contribution in [1.82, 2.24) is 5.32 Å². The van der Waals surface area contributed by atoms with Crippen molar-refractivity contribution in [3.8, 4) is 6.07 Å². The molecule has 1 aromatic carbocycles. The highest BCUT2D eigenvalue weighted by Gasteiger charge is 2.23. The number of carbonyl (C=O) groups excluding carboxylic acids is 1. The van der Waals surface area contributed by atoms with Crippen molar-refractivity contribution in [3.63, 3.8) is 0 Å². The van der Waals surface area contributed by atoms with E-state index >= 15 is 0 Å². The SMILES string of the molecule is C[C@H]1CCCC[C@@H]1NC(=O)/C(C#N)=C/c1cccc(F)c1. The van der Waals surface area contributed by atoms with Crippen LogP contribution < -0.4 is 5.32 Å². The van der Waals surface area contributed by atoms with Crippen molar-refractivity contribution in [1.29, 1.82) is 5.26 Å². The number of benzene rings is 1. The summed E-state index contributed by atoms with van der Waals surface area (Å²) in [6.45, 7) is 2.12. The summed E-state index contributed by atoms with van der Waals surface area (Å²) in [5, 5.41) is 12.1. The van der Waals surface area contributed by atoms with Crippen molar-refractivity contribution in [2.75, 3.05) is 0 Å². The first-order valence-corrected chi connectivity index (χ1v) is 7.28. The zero-order valence-corrected chi connectivity index (χ0v) is 12.1. The van der Waals surface area contributed by atoms with E-state index < -0.39 is 0 Å². The molecule has 1 aliphatic carbocycles. The van der Waals surface area contributed by atoms with Crippen molar-refractivity contribution >= 4 is 12.0 Å². The minimum atomic E-state index is -0.387. The number of amides is 1. The molecule has 0 spiro atoms. The van der Waals surface area contributed by atoms with Crippen LogP contribution in [0.5, 0.6) is 0 Å². The quantitative estimate of drug-likeness (QED) is 0.683. The fraction of sp³-hybridized carbons (Fsp3) is 0.412. The zero-order chi connectivity index (χ0) is 15.2. The summed E-state index contributed by atoms with van der Waals surface area (Å²) in [6.07, 6.45) is 5.76. The molecular weight excluding hydrogens is 267 g/mol. The number of hydrogen-bond acceptors (Lipinski definition) is 2. The predicted octanol–water partition coefficient (Wildman–Crippen LogP) is 3.43. The predicted molar refractivity (Wildman–Crippen MR) is 79.6 cm³/mol. The maximum atomic E-state index is 13.1. The molecule has 2 rings (SSSR count). The number of hydrogen-bond donors (Lipinski definition) is 1. The molecule has 1 fully saturated rings. The summed E-state index contributed by atoms with van der Waals surface area (Å²) < 4.78 is 13.1. The number of halogens is 1. The van der Waals surface area contributed by atoms with Crippen LogP contribution in [0.3, 0.4) is 0 Å². The van der Waals surface area contributed by atoms with Gasteiger partial charge in [0, 0.05) is 6.04 Å². The molecular formula is C17H19FN2O. The molecule has 1 N–H and O–H groups in total. The van der Waals surface area contributed by atoms with E-state index in [4.69, 9.17) is 5.26 Å². The Balaban J connectivity index is 2.10.